The number of carbonyl (C=O) groups excluding carboxylic acids is 1. The number of benzene rings is 2. The smallest absolute Gasteiger partial charge is 0.287 e. The maximum atomic E-state index is 12.4. The molecule has 116 valence electrons. The average Bonchev–Trinajstić information content (AvgIpc) is 2.87. The molecule has 3 aromatic rings. The molecule has 0 unspecified atom stereocenters. The van der Waals surface area contributed by atoms with Crippen molar-refractivity contribution >= 4 is 72.9 Å². The standard InChI is InChI=1S/C15H8ClIN2O3S/c16-12-10-2-1-3-11(19(21)22)13(10)23-14(12)15(20)18-9-6-4-8(17)5-7-9/h1-7H,(H,18,20). The first-order chi connectivity index (χ1) is 11.0. The van der Waals surface area contributed by atoms with Crippen LogP contribution < -0.4 is 5.32 Å². The van der Waals surface area contributed by atoms with E-state index in [-0.39, 0.29) is 21.5 Å². The van der Waals surface area contributed by atoms with Crippen molar-refractivity contribution in [3.05, 3.63) is 66.0 Å². The third kappa shape index (κ3) is 3.17. The number of hydrogen-bond acceptors (Lipinski definition) is 4. The number of fused-ring (bicyclic) bond motifs is 1. The van der Waals surface area contributed by atoms with Crippen LogP contribution in [0.25, 0.3) is 10.1 Å². The Morgan fingerprint density at radius 1 is 1.22 bits per heavy atom. The maximum Gasteiger partial charge on any atom is 0.287 e. The van der Waals surface area contributed by atoms with Crippen molar-refractivity contribution in [2.24, 2.45) is 0 Å². The van der Waals surface area contributed by atoms with Gasteiger partial charge in [-0.3, -0.25) is 14.9 Å². The van der Waals surface area contributed by atoms with Crippen molar-refractivity contribution < 1.29 is 9.72 Å². The first-order valence-corrected chi connectivity index (χ1v) is 8.67. The molecule has 8 heteroatoms. The number of halogens is 2. The lowest BCUT2D eigenvalue weighted by Crippen LogP contribution is -2.10. The van der Waals surface area contributed by atoms with E-state index in [9.17, 15) is 14.9 Å². The van der Waals surface area contributed by atoms with Gasteiger partial charge in [-0.15, -0.1) is 11.3 Å². The van der Waals surface area contributed by atoms with Gasteiger partial charge in [-0.25, -0.2) is 0 Å². The topological polar surface area (TPSA) is 72.2 Å². The minimum atomic E-state index is -0.476. The van der Waals surface area contributed by atoms with Gasteiger partial charge in [-0.2, -0.15) is 0 Å². The highest BCUT2D eigenvalue weighted by Gasteiger charge is 2.22. The van der Waals surface area contributed by atoms with Gasteiger partial charge in [0.25, 0.3) is 11.6 Å². The predicted molar refractivity (Wildman–Crippen MR) is 101 cm³/mol. The molecule has 1 heterocycles. The lowest BCUT2D eigenvalue weighted by Gasteiger charge is -2.03. The molecule has 0 saturated carbocycles. The van der Waals surface area contributed by atoms with E-state index in [0.717, 1.165) is 14.9 Å². The summed E-state index contributed by atoms with van der Waals surface area (Å²) in [6, 6.07) is 11.9. The Morgan fingerprint density at radius 2 is 1.91 bits per heavy atom. The molecule has 0 bridgehead atoms. The number of nitro groups is 1. The zero-order chi connectivity index (χ0) is 16.6. The molecule has 0 aliphatic rings. The number of amides is 1. The zero-order valence-electron chi connectivity index (χ0n) is 11.4. The summed E-state index contributed by atoms with van der Waals surface area (Å²) in [5, 5.41) is 14.6. The second-order valence-electron chi connectivity index (χ2n) is 4.62. The van der Waals surface area contributed by atoms with Crippen molar-refractivity contribution in [3.63, 3.8) is 0 Å². The molecule has 0 saturated heterocycles. The number of hydrogen-bond donors (Lipinski definition) is 1. The SMILES string of the molecule is O=C(Nc1ccc(I)cc1)c1sc2c([N+](=O)[O-])cccc2c1Cl. The van der Waals surface area contributed by atoms with E-state index < -0.39 is 4.92 Å². The molecule has 0 aliphatic carbocycles. The summed E-state index contributed by atoms with van der Waals surface area (Å²) in [6.45, 7) is 0. The minimum Gasteiger partial charge on any atom is -0.321 e. The Hall–Kier alpha value is -1.71. The number of nitro benzene ring substituents is 1. The second-order valence-corrected chi connectivity index (χ2v) is 7.26. The van der Waals surface area contributed by atoms with Crippen LogP contribution in [-0.2, 0) is 0 Å². The number of anilines is 1. The summed E-state index contributed by atoms with van der Waals surface area (Å²) >= 11 is 9.44. The van der Waals surface area contributed by atoms with Crippen molar-refractivity contribution in [1.82, 2.24) is 0 Å². The highest BCUT2D eigenvalue weighted by Crippen LogP contribution is 2.40. The van der Waals surface area contributed by atoms with E-state index in [0.29, 0.717) is 15.8 Å². The molecule has 1 aromatic heterocycles. The Morgan fingerprint density at radius 3 is 2.57 bits per heavy atom. The van der Waals surface area contributed by atoms with E-state index in [2.05, 4.69) is 27.9 Å². The maximum absolute atomic E-state index is 12.4. The normalized spacial score (nSPS) is 10.7. The van der Waals surface area contributed by atoms with Crippen molar-refractivity contribution in [2.45, 2.75) is 0 Å². The molecule has 0 spiro atoms. The molecular weight excluding hydrogens is 451 g/mol. The number of rotatable bonds is 3. The summed E-state index contributed by atoms with van der Waals surface area (Å²) in [4.78, 5) is 23.3. The van der Waals surface area contributed by atoms with Crippen LogP contribution in [0.5, 0.6) is 0 Å². The first kappa shape index (κ1) is 16.2. The number of thiophene rings is 1. The Bertz CT molecular complexity index is 924. The molecular formula is C15H8ClIN2O3S. The van der Waals surface area contributed by atoms with Gasteiger partial charge in [0.15, 0.2) is 0 Å². The highest BCUT2D eigenvalue weighted by atomic mass is 127. The molecule has 0 radical (unpaired) electrons. The summed E-state index contributed by atoms with van der Waals surface area (Å²) < 4.78 is 1.45. The fourth-order valence-corrected chi connectivity index (χ4v) is 3.93. The highest BCUT2D eigenvalue weighted by molar-refractivity contribution is 14.1. The molecule has 0 aliphatic heterocycles. The summed E-state index contributed by atoms with van der Waals surface area (Å²) in [7, 11) is 0. The molecule has 1 amide bonds. The van der Waals surface area contributed by atoms with E-state index in [1.165, 1.54) is 6.07 Å². The summed E-state index contributed by atoms with van der Waals surface area (Å²) in [6.07, 6.45) is 0. The van der Waals surface area contributed by atoms with Gasteiger partial charge in [-0.05, 0) is 46.9 Å². The van der Waals surface area contributed by atoms with Crippen LogP contribution in [0.4, 0.5) is 11.4 Å². The van der Waals surface area contributed by atoms with Gasteiger partial charge >= 0.3 is 0 Å². The first-order valence-electron chi connectivity index (χ1n) is 6.39. The number of non-ortho nitro benzene ring substituents is 1. The largest absolute Gasteiger partial charge is 0.321 e. The second kappa shape index (κ2) is 6.42. The lowest BCUT2D eigenvalue weighted by molar-refractivity contribution is -0.382. The molecule has 0 atom stereocenters. The van der Waals surface area contributed by atoms with Crippen LogP contribution >= 0.6 is 45.5 Å². The van der Waals surface area contributed by atoms with Crippen LogP contribution in [0.3, 0.4) is 0 Å². The zero-order valence-corrected chi connectivity index (χ0v) is 15.1. The van der Waals surface area contributed by atoms with E-state index in [1.54, 1.807) is 24.3 Å². The van der Waals surface area contributed by atoms with Gasteiger partial charge in [0.2, 0.25) is 0 Å². The van der Waals surface area contributed by atoms with Gasteiger partial charge in [0.05, 0.1) is 9.95 Å². The third-order valence-electron chi connectivity index (χ3n) is 3.14. The molecule has 3 rings (SSSR count). The lowest BCUT2D eigenvalue weighted by atomic mass is 10.2. The number of nitrogens with one attached hydrogen (secondary N) is 1. The molecule has 5 nitrogen and oxygen atoms in total. The van der Waals surface area contributed by atoms with Crippen molar-refractivity contribution in [1.29, 1.82) is 0 Å². The van der Waals surface area contributed by atoms with Crippen LogP contribution in [-0.4, -0.2) is 10.8 Å². The van der Waals surface area contributed by atoms with Gasteiger partial charge < -0.3 is 5.32 Å². The Kier molecular flexibility index (Phi) is 4.51. The minimum absolute atomic E-state index is 0.0530. The molecule has 0 fully saturated rings. The number of carbonyl (C=O) groups is 1. The van der Waals surface area contributed by atoms with Crippen molar-refractivity contribution in [3.8, 4) is 0 Å². The Balaban J connectivity index is 2.01. The van der Waals surface area contributed by atoms with Gasteiger partial charge in [0, 0.05) is 20.7 Å². The van der Waals surface area contributed by atoms with Crippen LogP contribution in [0, 0.1) is 13.7 Å². The van der Waals surface area contributed by atoms with E-state index in [4.69, 9.17) is 11.6 Å². The number of nitrogens with zero attached hydrogens (tertiary/aromatic N) is 1. The van der Waals surface area contributed by atoms with Gasteiger partial charge in [-0.1, -0.05) is 23.7 Å². The predicted octanol–water partition coefficient (Wildman–Crippen LogP) is 5.32. The quantitative estimate of drug-likeness (QED) is 0.328. The Labute approximate surface area is 153 Å². The molecule has 2 aromatic carbocycles. The molecule has 1 N–H and O–H groups in total. The van der Waals surface area contributed by atoms with Crippen LogP contribution in [0.15, 0.2) is 42.5 Å². The fraction of sp³-hybridized carbons (Fsp3) is 0. The van der Waals surface area contributed by atoms with Crippen LogP contribution in [0.1, 0.15) is 9.67 Å². The average molecular weight is 459 g/mol. The van der Waals surface area contributed by atoms with Crippen LogP contribution in [0.2, 0.25) is 5.02 Å². The third-order valence-corrected chi connectivity index (χ3v) is 5.59. The fourth-order valence-electron chi connectivity index (χ4n) is 2.08. The monoisotopic (exact) mass is 458 g/mol. The van der Waals surface area contributed by atoms with E-state index in [1.807, 2.05) is 12.1 Å². The van der Waals surface area contributed by atoms with E-state index >= 15 is 0 Å². The molecule has 23 heavy (non-hydrogen) atoms. The summed E-state index contributed by atoms with van der Waals surface area (Å²) in [5.74, 6) is -0.383. The van der Waals surface area contributed by atoms with Gasteiger partial charge in [0.1, 0.15) is 9.58 Å². The summed E-state index contributed by atoms with van der Waals surface area (Å²) in [5.41, 5.74) is 0.584. The van der Waals surface area contributed by atoms with Crippen molar-refractivity contribution in [2.75, 3.05) is 5.32 Å².